The van der Waals surface area contributed by atoms with Crippen molar-refractivity contribution in [1.82, 2.24) is 9.78 Å². The van der Waals surface area contributed by atoms with Crippen LogP contribution in [0, 0.1) is 5.82 Å². The molecule has 0 bridgehead atoms. The first-order valence-corrected chi connectivity index (χ1v) is 9.15. The Bertz CT molecular complexity index is 938. The molecule has 6 heteroatoms. The molecule has 0 saturated heterocycles. The molecule has 0 saturated carbocycles. The molecule has 4 nitrogen and oxygen atoms in total. The van der Waals surface area contributed by atoms with E-state index in [1.807, 2.05) is 36.4 Å². The molecule has 0 aliphatic heterocycles. The van der Waals surface area contributed by atoms with E-state index in [1.54, 1.807) is 10.7 Å². The van der Waals surface area contributed by atoms with Crippen LogP contribution >= 0.6 is 11.6 Å². The molecule has 0 spiro atoms. The van der Waals surface area contributed by atoms with Crippen molar-refractivity contribution in [1.29, 1.82) is 0 Å². The quantitative estimate of drug-likeness (QED) is 0.647. The van der Waals surface area contributed by atoms with E-state index < -0.39 is 5.82 Å². The lowest BCUT2D eigenvalue weighted by Gasteiger charge is -2.09. The minimum atomic E-state index is -0.497. The lowest BCUT2D eigenvalue weighted by molar-refractivity contribution is -0.115. The summed E-state index contributed by atoms with van der Waals surface area (Å²) in [5, 5.41) is 7.55. The highest BCUT2D eigenvalue weighted by Gasteiger charge is 2.14. The number of nitrogens with zero attached hydrogens (tertiary/aromatic N) is 2. The Kier molecular flexibility index (Phi) is 5.91. The molecule has 1 aromatic heterocycles. The summed E-state index contributed by atoms with van der Waals surface area (Å²) >= 11 is 5.79. The number of nitrogens with one attached hydrogen (secondary N) is 1. The number of hydrogen-bond donors (Lipinski definition) is 1. The largest absolute Gasteiger partial charge is 0.311 e. The van der Waals surface area contributed by atoms with Crippen LogP contribution in [0.2, 0.25) is 5.02 Å². The van der Waals surface area contributed by atoms with Crippen LogP contribution in [0.4, 0.5) is 10.2 Å². The lowest BCUT2D eigenvalue weighted by Crippen LogP contribution is -2.18. The van der Waals surface area contributed by atoms with Crippen molar-refractivity contribution in [3.63, 3.8) is 0 Å². The van der Waals surface area contributed by atoms with Gasteiger partial charge in [0.1, 0.15) is 11.6 Å². The molecule has 2 aromatic carbocycles. The van der Waals surface area contributed by atoms with Crippen LogP contribution in [0.1, 0.15) is 36.6 Å². The Hall–Kier alpha value is -2.66. The van der Waals surface area contributed by atoms with E-state index >= 15 is 0 Å². The van der Waals surface area contributed by atoms with Crippen LogP contribution in [-0.4, -0.2) is 15.7 Å². The molecule has 1 N–H and O–H groups in total. The number of halogens is 2. The lowest BCUT2D eigenvalue weighted by atomic mass is 10.1. The number of carbonyl (C=O) groups is 1. The summed E-state index contributed by atoms with van der Waals surface area (Å²) in [6.45, 7) is 4.67. The van der Waals surface area contributed by atoms with Crippen molar-refractivity contribution in [3.8, 4) is 0 Å². The van der Waals surface area contributed by atoms with Crippen molar-refractivity contribution in [2.45, 2.75) is 32.7 Å². The van der Waals surface area contributed by atoms with Crippen molar-refractivity contribution in [2.24, 2.45) is 0 Å². The van der Waals surface area contributed by atoms with Crippen LogP contribution in [0.25, 0.3) is 0 Å². The second kappa shape index (κ2) is 8.35. The first-order chi connectivity index (χ1) is 12.9. The Morgan fingerprint density at radius 3 is 2.56 bits per heavy atom. The third-order valence-electron chi connectivity index (χ3n) is 4.18. The molecule has 0 fully saturated rings. The van der Waals surface area contributed by atoms with Gasteiger partial charge in [-0.1, -0.05) is 61.8 Å². The second-order valence-electron chi connectivity index (χ2n) is 6.73. The number of hydrogen-bond acceptors (Lipinski definition) is 2. The number of amides is 1. The van der Waals surface area contributed by atoms with E-state index in [0.29, 0.717) is 17.9 Å². The minimum Gasteiger partial charge on any atom is -0.311 e. The summed E-state index contributed by atoms with van der Waals surface area (Å²) < 4.78 is 15.1. The van der Waals surface area contributed by atoms with Gasteiger partial charge in [-0.25, -0.2) is 9.07 Å². The fraction of sp³-hybridized carbons (Fsp3) is 0.238. The number of anilines is 1. The van der Waals surface area contributed by atoms with Crippen LogP contribution in [0.3, 0.4) is 0 Å². The highest BCUT2D eigenvalue weighted by molar-refractivity contribution is 6.30. The van der Waals surface area contributed by atoms with Crippen LogP contribution in [0.15, 0.2) is 54.6 Å². The van der Waals surface area contributed by atoms with Crippen molar-refractivity contribution in [2.75, 3.05) is 5.32 Å². The van der Waals surface area contributed by atoms with Gasteiger partial charge in [-0.15, -0.1) is 0 Å². The molecule has 3 rings (SSSR count). The van der Waals surface area contributed by atoms with E-state index in [-0.39, 0.29) is 23.3 Å². The van der Waals surface area contributed by atoms with Gasteiger partial charge in [0.2, 0.25) is 5.91 Å². The fourth-order valence-electron chi connectivity index (χ4n) is 2.72. The maximum Gasteiger partial charge on any atom is 0.229 e. The average molecular weight is 386 g/mol. The molecule has 140 valence electrons. The molecule has 1 amide bonds. The molecule has 27 heavy (non-hydrogen) atoms. The average Bonchev–Trinajstić information content (AvgIpc) is 3.02. The van der Waals surface area contributed by atoms with Gasteiger partial charge in [0, 0.05) is 6.07 Å². The number of benzene rings is 2. The summed E-state index contributed by atoms with van der Waals surface area (Å²) in [5.41, 5.74) is 2.65. The Morgan fingerprint density at radius 1 is 1.15 bits per heavy atom. The molecule has 0 radical (unpaired) electrons. The third kappa shape index (κ3) is 4.95. The monoisotopic (exact) mass is 385 g/mol. The standard InChI is InChI=1S/C21H21ClFN3O/c1-14(2)19-12-20(26(25-19)13-15-6-4-3-5-7-15)24-21(27)11-16-8-9-18(23)17(22)10-16/h3-10,12,14H,11,13H2,1-2H3,(H,24,27). The third-order valence-corrected chi connectivity index (χ3v) is 4.47. The molecule has 0 aliphatic rings. The van der Waals surface area contributed by atoms with E-state index in [1.165, 1.54) is 12.1 Å². The zero-order valence-corrected chi connectivity index (χ0v) is 16.0. The number of rotatable bonds is 6. The fourth-order valence-corrected chi connectivity index (χ4v) is 2.92. The Labute approximate surface area is 163 Å². The van der Waals surface area contributed by atoms with Crippen LogP contribution < -0.4 is 5.32 Å². The van der Waals surface area contributed by atoms with Gasteiger partial charge in [0.15, 0.2) is 0 Å². The molecule has 3 aromatic rings. The Morgan fingerprint density at radius 2 is 1.89 bits per heavy atom. The maximum atomic E-state index is 13.3. The first-order valence-electron chi connectivity index (χ1n) is 8.78. The van der Waals surface area contributed by atoms with Crippen LogP contribution in [-0.2, 0) is 17.8 Å². The molecule has 0 unspecified atom stereocenters. The van der Waals surface area contributed by atoms with Gasteiger partial charge in [-0.05, 0) is 29.2 Å². The summed E-state index contributed by atoms with van der Waals surface area (Å²) in [7, 11) is 0. The van der Waals surface area contributed by atoms with Gasteiger partial charge >= 0.3 is 0 Å². The van der Waals surface area contributed by atoms with Crippen molar-refractivity contribution < 1.29 is 9.18 Å². The summed E-state index contributed by atoms with van der Waals surface area (Å²) in [4.78, 5) is 12.5. The molecule has 0 atom stereocenters. The van der Waals surface area contributed by atoms with Crippen molar-refractivity contribution in [3.05, 3.63) is 82.3 Å². The predicted molar refractivity (Wildman–Crippen MR) is 106 cm³/mol. The highest BCUT2D eigenvalue weighted by Crippen LogP contribution is 2.21. The summed E-state index contributed by atoms with van der Waals surface area (Å²) in [6, 6.07) is 16.1. The SMILES string of the molecule is CC(C)c1cc(NC(=O)Cc2ccc(F)c(Cl)c2)n(Cc2ccccc2)n1. The highest BCUT2D eigenvalue weighted by atomic mass is 35.5. The second-order valence-corrected chi connectivity index (χ2v) is 7.13. The van der Waals surface area contributed by atoms with Crippen LogP contribution in [0.5, 0.6) is 0 Å². The number of aromatic nitrogens is 2. The first kappa shape index (κ1) is 19.1. The van der Waals surface area contributed by atoms with E-state index in [4.69, 9.17) is 11.6 Å². The van der Waals surface area contributed by atoms with Gasteiger partial charge in [0.05, 0.1) is 23.7 Å². The Balaban J connectivity index is 1.78. The molecular weight excluding hydrogens is 365 g/mol. The van der Waals surface area contributed by atoms with Gasteiger partial charge in [-0.3, -0.25) is 4.79 Å². The van der Waals surface area contributed by atoms with Gasteiger partial charge in [0.25, 0.3) is 0 Å². The van der Waals surface area contributed by atoms with E-state index in [2.05, 4.69) is 24.3 Å². The van der Waals surface area contributed by atoms with E-state index in [0.717, 1.165) is 11.3 Å². The van der Waals surface area contributed by atoms with Crippen molar-refractivity contribution >= 4 is 23.3 Å². The summed E-state index contributed by atoms with van der Waals surface area (Å²) in [6.07, 6.45) is 0.105. The topological polar surface area (TPSA) is 46.9 Å². The molecule has 1 heterocycles. The normalized spacial score (nSPS) is 11.0. The van der Waals surface area contributed by atoms with Gasteiger partial charge in [-0.2, -0.15) is 5.10 Å². The zero-order chi connectivity index (χ0) is 19.4. The predicted octanol–water partition coefficient (Wildman–Crippen LogP) is 5.03. The molecule has 0 aliphatic carbocycles. The van der Waals surface area contributed by atoms with E-state index in [9.17, 15) is 9.18 Å². The van der Waals surface area contributed by atoms with Gasteiger partial charge < -0.3 is 5.32 Å². The molecular formula is C21H21ClFN3O. The number of carbonyl (C=O) groups excluding carboxylic acids is 1. The minimum absolute atomic E-state index is 0.0107. The maximum absolute atomic E-state index is 13.3. The summed E-state index contributed by atoms with van der Waals surface area (Å²) in [5.74, 6) is 0.180. The smallest absolute Gasteiger partial charge is 0.229 e. The zero-order valence-electron chi connectivity index (χ0n) is 15.2.